The van der Waals surface area contributed by atoms with Crippen LogP contribution in [0.3, 0.4) is 0 Å². The van der Waals surface area contributed by atoms with Crippen LogP contribution in [0.15, 0.2) is 30.3 Å². The van der Waals surface area contributed by atoms with Crippen LogP contribution >= 0.6 is 12.2 Å². The van der Waals surface area contributed by atoms with Gasteiger partial charge in [-0.15, -0.1) is 0 Å². The van der Waals surface area contributed by atoms with Crippen LogP contribution in [0.25, 0.3) is 0 Å². The van der Waals surface area contributed by atoms with Crippen LogP contribution in [0, 0.1) is 0 Å². The Morgan fingerprint density at radius 3 is 2.46 bits per heavy atom. The van der Waals surface area contributed by atoms with E-state index < -0.39 is 0 Å². The number of hydrogen-bond acceptors (Lipinski definition) is 3. The first kappa shape index (κ1) is 13.9. The van der Waals surface area contributed by atoms with Crippen molar-refractivity contribution < 1.29 is 51.4 Å². The first-order valence-electron chi connectivity index (χ1n) is 3.53. The largest absolute Gasteiger partial charge is 1.00 e. The second-order valence-corrected chi connectivity index (χ2v) is 3.33. The molecule has 0 bridgehead atoms. The van der Waals surface area contributed by atoms with E-state index in [1.807, 2.05) is 30.3 Å². The summed E-state index contributed by atoms with van der Waals surface area (Å²) in [5.41, 5.74) is 6.79. The Labute approximate surface area is 132 Å². The molecule has 1 rings (SSSR count). The van der Waals surface area contributed by atoms with Crippen LogP contribution in [0.4, 0.5) is 0 Å². The fourth-order valence-electron chi connectivity index (χ4n) is 0.814. The molecule has 1 aromatic rings. The maximum absolute atomic E-state index is 4.65. The molecule has 2 nitrogen and oxygen atoms in total. The van der Waals surface area contributed by atoms with Gasteiger partial charge in [0.15, 0.2) is 0 Å². The van der Waals surface area contributed by atoms with Gasteiger partial charge >= 0.3 is 51.4 Å². The van der Waals surface area contributed by atoms with E-state index >= 15 is 0 Å². The first-order valence-corrected chi connectivity index (χ1v) is 4.34. The molecular weight excluding hydrogens is 227 g/mol. The normalized spacial score (nSPS) is 8.62. The molecule has 0 saturated heterocycles. The molecule has 0 radical (unpaired) electrons. The van der Waals surface area contributed by atoms with E-state index in [1.54, 1.807) is 0 Å². The topological polar surface area (TPSA) is 24.1 Å². The average Bonchev–Trinajstić information content (AvgIpc) is 2.05. The average molecular weight is 236 g/mol. The molecule has 0 aromatic heterocycles. The van der Waals surface area contributed by atoms with Crippen LogP contribution in [0.1, 0.15) is 5.56 Å². The summed E-state index contributed by atoms with van der Waals surface area (Å²) in [4.78, 5) is 0. The molecule has 0 spiro atoms. The zero-order chi connectivity index (χ0) is 8.81. The van der Waals surface area contributed by atoms with Crippen molar-refractivity contribution in [2.24, 2.45) is 0 Å². The van der Waals surface area contributed by atoms with Gasteiger partial charge in [0.25, 0.3) is 0 Å². The van der Waals surface area contributed by atoms with E-state index in [2.05, 4.69) is 35.7 Å². The number of hydrogen-bond donors (Lipinski definition) is 2. The molecule has 64 valence electrons. The van der Waals surface area contributed by atoms with Crippen LogP contribution in [0.5, 0.6) is 0 Å². The van der Waals surface area contributed by atoms with Gasteiger partial charge in [0, 0.05) is 6.54 Å². The van der Waals surface area contributed by atoms with Gasteiger partial charge in [-0.3, -0.25) is 0 Å². The van der Waals surface area contributed by atoms with Crippen LogP contribution < -0.4 is 62.2 Å². The van der Waals surface area contributed by atoms with Gasteiger partial charge in [0.05, 0.1) is 0 Å². The van der Waals surface area contributed by atoms with Crippen molar-refractivity contribution in [3.05, 3.63) is 35.9 Å². The Morgan fingerprint density at radius 2 is 1.92 bits per heavy atom. The van der Waals surface area contributed by atoms with Crippen LogP contribution in [-0.2, 0) is 19.2 Å². The maximum atomic E-state index is 4.65. The number of thiocarbonyl (C=S) groups is 1. The molecule has 2 N–H and O–H groups in total. The molecule has 0 amide bonds. The molecular formula is C8H9KN2S2. The molecule has 0 atom stereocenters. The minimum absolute atomic E-state index is 0. The van der Waals surface area contributed by atoms with Gasteiger partial charge in [0.2, 0.25) is 0 Å². The van der Waals surface area contributed by atoms with Gasteiger partial charge < -0.3 is 30.3 Å². The standard InChI is InChI=1S/C8H10N2S2.K/c11-8(12)10-9-6-7-4-2-1-3-5-7;/h1-5,9H,6H2,(H2,10,11,12);/q;+1/p-1. The summed E-state index contributed by atoms with van der Waals surface area (Å²) in [6.45, 7) is 0.720. The maximum Gasteiger partial charge on any atom is 1.00 e. The molecule has 0 aliphatic heterocycles. The zero-order valence-corrected chi connectivity index (χ0v) is 12.2. The van der Waals surface area contributed by atoms with E-state index in [1.165, 1.54) is 5.56 Å². The van der Waals surface area contributed by atoms with Crippen molar-refractivity contribution in [3.63, 3.8) is 0 Å². The van der Waals surface area contributed by atoms with Gasteiger partial charge in [0.1, 0.15) is 0 Å². The first-order chi connectivity index (χ1) is 5.79. The summed E-state index contributed by atoms with van der Waals surface area (Å²) < 4.78 is 0.339. The quantitative estimate of drug-likeness (QED) is 0.278. The molecule has 1 aromatic carbocycles. The zero-order valence-electron chi connectivity index (χ0n) is 7.41. The molecule has 0 aliphatic carbocycles. The van der Waals surface area contributed by atoms with Crippen LogP contribution in [-0.4, -0.2) is 4.32 Å². The predicted octanol–water partition coefficient (Wildman–Crippen LogP) is -1.88. The minimum Gasteiger partial charge on any atom is -0.410 e. The van der Waals surface area contributed by atoms with Gasteiger partial charge in [-0.25, -0.2) is 5.43 Å². The van der Waals surface area contributed by atoms with E-state index in [0.29, 0.717) is 4.32 Å². The SMILES string of the molecule is S=C([S-])NNCc1ccccc1.[K+]. The third-order valence-corrected chi connectivity index (χ3v) is 1.53. The second kappa shape index (κ2) is 8.25. The van der Waals surface area contributed by atoms with Crippen molar-refractivity contribution in [1.82, 2.24) is 10.9 Å². The molecule has 5 heteroatoms. The van der Waals surface area contributed by atoms with E-state index in [4.69, 9.17) is 0 Å². The third kappa shape index (κ3) is 6.93. The van der Waals surface area contributed by atoms with E-state index in [9.17, 15) is 0 Å². The smallest absolute Gasteiger partial charge is 0.410 e. The molecule has 0 fully saturated rings. The van der Waals surface area contributed by atoms with Crippen molar-refractivity contribution in [1.29, 1.82) is 0 Å². The van der Waals surface area contributed by atoms with Crippen LogP contribution in [0.2, 0.25) is 0 Å². The second-order valence-electron chi connectivity index (χ2n) is 2.25. The van der Waals surface area contributed by atoms with E-state index in [-0.39, 0.29) is 51.4 Å². The number of rotatable bonds is 3. The Balaban J connectivity index is 0.00000144. The Bertz CT molecular complexity index is 254. The molecule has 13 heavy (non-hydrogen) atoms. The van der Waals surface area contributed by atoms with E-state index in [0.717, 1.165) is 6.54 Å². The Hall–Kier alpha value is 0.926. The van der Waals surface area contributed by atoms with Crippen molar-refractivity contribution in [2.45, 2.75) is 6.54 Å². The van der Waals surface area contributed by atoms with Crippen molar-refractivity contribution in [3.8, 4) is 0 Å². The summed E-state index contributed by atoms with van der Waals surface area (Å²) in [6, 6.07) is 10.0. The van der Waals surface area contributed by atoms with Gasteiger partial charge in [-0.05, 0) is 9.88 Å². The fraction of sp³-hybridized carbons (Fsp3) is 0.125. The van der Waals surface area contributed by atoms with Gasteiger partial charge in [-0.2, -0.15) is 0 Å². The predicted molar refractivity (Wildman–Crippen MR) is 56.4 cm³/mol. The minimum atomic E-state index is 0. The van der Waals surface area contributed by atoms with Crippen molar-refractivity contribution in [2.75, 3.05) is 0 Å². The number of hydrazine groups is 1. The number of nitrogens with one attached hydrogen (secondary N) is 2. The third-order valence-electron chi connectivity index (χ3n) is 1.33. The molecule has 0 saturated carbocycles. The summed E-state index contributed by atoms with van der Waals surface area (Å²) in [6.07, 6.45) is 0. The van der Waals surface area contributed by atoms with Gasteiger partial charge in [-0.1, -0.05) is 30.3 Å². The Kier molecular flexibility index (Phi) is 8.84. The monoisotopic (exact) mass is 236 g/mol. The fourth-order valence-corrected chi connectivity index (χ4v) is 0.959. The summed E-state index contributed by atoms with van der Waals surface area (Å²) >= 11 is 9.30. The molecule has 0 heterocycles. The Morgan fingerprint density at radius 1 is 1.31 bits per heavy atom. The number of benzene rings is 1. The summed E-state index contributed by atoms with van der Waals surface area (Å²) in [5.74, 6) is 0. The van der Waals surface area contributed by atoms with Crippen molar-refractivity contribution >= 4 is 29.2 Å². The summed E-state index contributed by atoms with van der Waals surface area (Å²) in [7, 11) is 0. The molecule has 0 unspecified atom stereocenters. The molecule has 0 aliphatic rings. The summed E-state index contributed by atoms with van der Waals surface area (Å²) in [5, 5.41) is 0.